The van der Waals surface area contributed by atoms with Crippen LogP contribution in [0.15, 0.2) is 28.7 Å². The molecule has 1 unspecified atom stereocenters. The maximum absolute atomic E-state index is 3.68. The van der Waals surface area contributed by atoms with Crippen molar-refractivity contribution in [1.82, 2.24) is 0 Å². The average molecular weight is 296 g/mol. The van der Waals surface area contributed by atoms with Crippen LogP contribution in [0.5, 0.6) is 0 Å². The highest BCUT2D eigenvalue weighted by molar-refractivity contribution is 9.10. The predicted molar refractivity (Wildman–Crippen MR) is 78.4 cm³/mol. The van der Waals surface area contributed by atoms with Crippen LogP contribution >= 0.6 is 15.9 Å². The molecule has 1 aliphatic carbocycles. The van der Waals surface area contributed by atoms with E-state index in [1.54, 1.807) is 0 Å². The van der Waals surface area contributed by atoms with E-state index in [9.17, 15) is 0 Å². The minimum atomic E-state index is 0.532. The highest BCUT2D eigenvalue weighted by Gasteiger charge is 2.24. The van der Waals surface area contributed by atoms with Gasteiger partial charge in [-0.05, 0) is 59.2 Å². The minimum Gasteiger partial charge on any atom is -0.381 e. The molecule has 1 aliphatic rings. The van der Waals surface area contributed by atoms with Gasteiger partial charge in [0.05, 0.1) is 0 Å². The predicted octanol–water partition coefficient (Wildman–Crippen LogP) is 5.22. The summed E-state index contributed by atoms with van der Waals surface area (Å²) in [5.74, 6) is 0. The number of hydrogen-bond donors (Lipinski definition) is 1. The van der Waals surface area contributed by atoms with E-state index in [2.05, 4.69) is 59.4 Å². The molecule has 1 aromatic rings. The molecule has 0 amide bonds. The Morgan fingerprint density at radius 3 is 2.71 bits per heavy atom. The number of benzene rings is 1. The van der Waals surface area contributed by atoms with Crippen LogP contribution in [0.1, 0.15) is 46.0 Å². The third kappa shape index (κ3) is 3.74. The molecule has 0 saturated heterocycles. The summed E-state index contributed by atoms with van der Waals surface area (Å²) in [5, 5.41) is 3.68. The van der Waals surface area contributed by atoms with Crippen LogP contribution in [0.4, 0.5) is 5.69 Å². The van der Waals surface area contributed by atoms with E-state index in [0.717, 1.165) is 0 Å². The van der Waals surface area contributed by atoms with Crippen LogP contribution in [0.25, 0.3) is 0 Å². The van der Waals surface area contributed by atoms with Crippen LogP contribution < -0.4 is 5.32 Å². The molecule has 17 heavy (non-hydrogen) atoms. The Hall–Kier alpha value is -0.500. The van der Waals surface area contributed by atoms with Gasteiger partial charge in [-0.1, -0.05) is 32.4 Å². The van der Waals surface area contributed by atoms with Crippen molar-refractivity contribution in [1.29, 1.82) is 0 Å². The maximum Gasteiger partial charge on any atom is 0.0486 e. The molecule has 1 N–H and O–H groups in total. The summed E-state index contributed by atoms with van der Waals surface area (Å²) in [5.41, 5.74) is 1.77. The monoisotopic (exact) mass is 295 g/mol. The second-order valence-electron chi connectivity index (χ2n) is 5.92. The summed E-state index contributed by atoms with van der Waals surface area (Å²) in [6, 6.07) is 9.04. The average Bonchev–Trinajstić information content (AvgIpc) is 2.44. The van der Waals surface area contributed by atoms with Crippen LogP contribution in [0, 0.1) is 5.41 Å². The fraction of sp³-hybridized carbons (Fsp3) is 0.600. The van der Waals surface area contributed by atoms with Crippen molar-refractivity contribution in [3.63, 3.8) is 0 Å². The SMILES string of the molecule is CC1(C)CCCC(Nc2ccccc2Br)CC1. The lowest BCUT2D eigenvalue weighted by Crippen LogP contribution is -2.19. The maximum atomic E-state index is 3.68. The number of hydrogen-bond acceptors (Lipinski definition) is 1. The molecule has 1 nitrogen and oxygen atoms in total. The van der Waals surface area contributed by atoms with Crippen molar-refractivity contribution in [3.8, 4) is 0 Å². The smallest absolute Gasteiger partial charge is 0.0486 e. The van der Waals surface area contributed by atoms with Gasteiger partial charge in [-0.25, -0.2) is 0 Å². The third-order valence-electron chi connectivity index (χ3n) is 3.81. The zero-order valence-corrected chi connectivity index (χ0v) is 12.4. The summed E-state index contributed by atoms with van der Waals surface area (Å²) in [7, 11) is 0. The van der Waals surface area contributed by atoms with Gasteiger partial charge in [0.25, 0.3) is 0 Å². The number of anilines is 1. The minimum absolute atomic E-state index is 0.532. The van der Waals surface area contributed by atoms with Crippen molar-refractivity contribution in [3.05, 3.63) is 28.7 Å². The molecule has 2 heteroatoms. The Balaban J connectivity index is 1.98. The van der Waals surface area contributed by atoms with Crippen molar-refractivity contribution in [2.24, 2.45) is 5.41 Å². The normalized spacial score (nSPS) is 24.1. The van der Waals surface area contributed by atoms with Crippen LogP contribution in [0.2, 0.25) is 0 Å². The van der Waals surface area contributed by atoms with E-state index in [1.807, 2.05) is 0 Å². The van der Waals surface area contributed by atoms with Gasteiger partial charge in [0, 0.05) is 16.2 Å². The molecule has 2 rings (SSSR count). The van der Waals surface area contributed by atoms with Crippen LogP contribution in [0.3, 0.4) is 0 Å². The van der Waals surface area contributed by atoms with Gasteiger partial charge in [0.2, 0.25) is 0 Å². The van der Waals surface area contributed by atoms with Crippen LogP contribution in [-0.4, -0.2) is 6.04 Å². The molecule has 1 aromatic carbocycles. The fourth-order valence-corrected chi connectivity index (χ4v) is 3.00. The molecular weight excluding hydrogens is 274 g/mol. The first-order chi connectivity index (χ1) is 8.07. The molecule has 1 atom stereocenters. The molecule has 1 fully saturated rings. The molecule has 0 spiro atoms. The Bertz CT molecular complexity index is 373. The summed E-state index contributed by atoms with van der Waals surface area (Å²) in [6.07, 6.45) is 6.62. The molecule has 0 heterocycles. The number of nitrogens with one attached hydrogen (secondary N) is 1. The van der Waals surface area contributed by atoms with Gasteiger partial charge in [0.1, 0.15) is 0 Å². The summed E-state index contributed by atoms with van der Waals surface area (Å²) < 4.78 is 1.17. The zero-order chi connectivity index (χ0) is 12.3. The third-order valence-corrected chi connectivity index (χ3v) is 4.50. The Morgan fingerprint density at radius 1 is 1.18 bits per heavy atom. The van der Waals surface area contributed by atoms with Crippen molar-refractivity contribution < 1.29 is 0 Å². The molecule has 0 aliphatic heterocycles. The van der Waals surface area contributed by atoms with Crippen molar-refractivity contribution in [2.75, 3.05) is 5.32 Å². The molecule has 0 bridgehead atoms. The summed E-state index contributed by atoms with van der Waals surface area (Å²) in [6.45, 7) is 4.79. The first-order valence-electron chi connectivity index (χ1n) is 6.58. The first kappa shape index (κ1) is 12.9. The van der Waals surface area contributed by atoms with Gasteiger partial charge in [-0.2, -0.15) is 0 Å². The first-order valence-corrected chi connectivity index (χ1v) is 7.37. The lowest BCUT2D eigenvalue weighted by molar-refractivity contribution is 0.313. The van der Waals surface area contributed by atoms with Gasteiger partial charge >= 0.3 is 0 Å². The van der Waals surface area contributed by atoms with E-state index in [1.165, 1.54) is 42.3 Å². The topological polar surface area (TPSA) is 12.0 Å². The number of halogens is 1. The zero-order valence-electron chi connectivity index (χ0n) is 10.8. The Kier molecular flexibility index (Phi) is 4.13. The Labute approximate surface area is 113 Å². The van der Waals surface area contributed by atoms with Gasteiger partial charge in [0.15, 0.2) is 0 Å². The molecule has 1 saturated carbocycles. The van der Waals surface area contributed by atoms with Gasteiger partial charge in [-0.15, -0.1) is 0 Å². The molecule has 0 radical (unpaired) electrons. The second kappa shape index (κ2) is 5.43. The van der Waals surface area contributed by atoms with E-state index >= 15 is 0 Å². The largest absolute Gasteiger partial charge is 0.381 e. The quantitative estimate of drug-likeness (QED) is 0.738. The lowest BCUT2D eigenvalue weighted by Gasteiger charge is -2.22. The molecule has 94 valence electrons. The molecular formula is C15H22BrN. The standard InChI is InChI=1S/C15H22BrN/c1-15(2)10-5-6-12(9-11-15)17-14-8-4-3-7-13(14)16/h3-4,7-8,12,17H,5-6,9-11H2,1-2H3. The van der Waals surface area contributed by atoms with Crippen LogP contribution in [-0.2, 0) is 0 Å². The number of rotatable bonds is 2. The highest BCUT2D eigenvalue weighted by atomic mass is 79.9. The second-order valence-corrected chi connectivity index (χ2v) is 6.77. The van der Waals surface area contributed by atoms with E-state index in [4.69, 9.17) is 0 Å². The Morgan fingerprint density at radius 2 is 1.94 bits per heavy atom. The van der Waals surface area contributed by atoms with Crippen molar-refractivity contribution >= 4 is 21.6 Å². The molecule has 0 aromatic heterocycles. The fourth-order valence-electron chi connectivity index (χ4n) is 2.60. The van der Waals surface area contributed by atoms with E-state index in [0.29, 0.717) is 11.5 Å². The number of para-hydroxylation sites is 1. The van der Waals surface area contributed by atoms with Crippen molar-refractivity contribution in [2.45, 2.75) is 52.0 Å². The summed E-state index contributed by atoms with van der Waals surface area (Å²) in [4.78, 5) is 0. The van der Waals surface area contributed by atoms with E-state index in [-0.39, 0.29) is 0 Å². The van der Waals surface area contributed by atoms with Gasteiger partial charge in [-0.3, -0.25) is 0 Å². The van der Waals surface area contributed by atoms with Gasteiger partial charge < -0.3 is 5.32 Å². The lowest BCUT2D eigenvalue weighted by atomic mass is 9.85. The van der Waals surface area contributed by atoms with E-state index < -0.39 is 0 Å². The highest BCUT2D eigenvalue weighted by Crippen LogP contribution is 2.35. The summed E-state index contributed by atoms with van der Waals surface area (Å²) >= 11 is 3.60.